The maximum atomic E-state index is 11.4. The highest BCUT2D eigenvalue weighted by Gasteiger charge is 2.22. The van der Waals surface area contributed by atoms with Crippen LogP contribution in [0.1, 0.15) is 40.5 Å². The molecule has 15 heavy (non-hydrogen) atoms. The van der Waals surface area contributed by atoms with E-state index in [4.69, 9.17) is 5.73 Å². The minimum atomic E-state index is -0.0841. The lowest BCUT2D eigenvalue weighted by Gasteiger charge is -2.26. The molecular weight excluding hydrogens is 188 g/mol. The molecule has 0 spiro atoms. The van der Waals surface area contributed by atoms with Gasteiger partial charge in [0, 0.05) is 19.0 Å². The van der Waals surface area contributed by atoms with E-state index in [0.717, 1.165) is 6.42 Å². The first-order chi connectivity index (χ1) is 6.88. The number of nitrogens with one attached hydrogen (secondary N) is 1. The lowest BCUT2D eigenvalue weighted by Crippen LogP contribution is -2.40. The van der Waals surface area contributed by atoms with Gasteiger partial charge in [0.15, 0.2) is 0 Å². The Kier molecular flexibility index (Phi) is 6.25. The number of carbonyl (C=O) groups is 1. The zero-order valence-electron chi connectivity index (χ0n) is 10.3. The molecule has 3 heteroatoms. The van der Waals surface area contributed by atoms with Crippen molar-refractivity contribution in [3.63, 3.8) is 0 Å². The van der Waals surface area contributed by atoms with Crippen LogP contribution in [0.25, 0.3) is 0 Å². The van der Waals surface area contributed by atoms with E-state index in [0.29, 0.717) is 13.0 Å². The van der Waals surface area contributed by atoms with E-state index < -0.39 is 0 Å². The number of rotatable bonds is 5. The van der Waals surface area contributed by atoms with E-state index >= 15 is 0 Å². The summed E-state index contributed by atoms with van der Waals surface area (Å²) in [6, 6.07) is -0.0841. The molecule has 0 bridgehead atoms. The second kappa shape index (κ2) is 6.62. The topological polar surface area (TPSA) is 55.1 Å². The van der Waals surface area contributed by atoms with Crippen LogP contribution >= 0.6 is 0 Å². The summed E-state index contributed by atoms with van der Waals surface area (Å²) >= 11 is 0. The van der Waals surface area contributed by atoms with Gasteiger partial charge in [0.05, 0.1) is 0 Å². The fourth-order valence-corrected chi connectivity index (χ4v) is 1.04. The van der Waals surface area contributed by atoms with Crippen molar-refractivity contribution in [3.8, 4) is 0 Å². The molecule has 1 unspecified atom stereocenters. The van der Waals surface area contributed by atoms with Gasteiger partial charge >= 0.3 is 0 Å². The molecule has 0 saturated carbocycles. The van der Waals surface area contributed by atoms with Gasteiger partial charge in [-0.3, -0.25) is 4.79 Å². The lowest BCUT2D eigenvalue weighted by molar-refractivity contribution is -0.121. The Morgan fingerprint density at radius 2 is 2.07 bits per heavy atom. The molecule has 0 aliphatic rings. The lowest BCUT2D eigenvalue weighted by atomic mass is 9.85. The maximum Gasteiger partial charge on any atom is 0.221 e. The van der Waals surface area contributed by atoms with E-state index in [2.05, 4.69) is 5.32 Å². The highest BCUT2D eigenvalue weighted by molar-refractivity contribution is 5.76. The van der Waals surface area contributed by atoms with Crippen molar-refractivity contribution in [1.82, 2.24) is 5.32 Å². The number of hydrogen-bond donors (Lipinski definition) is 2. The summed E-state index contributed by atoms with van der Waals surface area (Å²) in [6.07, 6.45) is 5.29. The fraction of sp³-hybridized carbons (Fsp3) is 0.750. The second-order valence-electron chi connectivity index (χ2n) is 4.88. The van der Waals surface area contributed by atoms with Crippen LogP contribution in [-0.2, 0) is 4.79 Å². The van der Waals surface area contributed by atoms with E-state index in [9.17, 15) is 4.79 Å². The van der Waals surface area contributed by atoms with E-state index in [1.54, 1.807) is 0 Å². The second-order valence-corrected chi connectivity index (χ2v) is 4.88. The Morgan fingerprint density at radius 3 is 2.53 bits per heavy atom. The highest BCUT2D eigenvalue weighted by atomic mass is 16.1. The van der Waals surface area contributed by atoms with Gasteiger partial charge in [0.2, 0.25) is 5.91 Å². The van der Waals surface area contributed by atoms with Gasteiger partial charge in [-0.25, -0.2) is 0 Å². The van der Waals surface area contributed by atoms with E-state index in [-0.39, 0.29) is 17.4 Å². The summed E-state index contributed by atoms with van der Waals surface area (Å²) in [5.41, 5.74) is 5.89. The predicted molar refractivity (Wildman–Crippen MR) is 64.5 cm³/mol. The first kappa shape index (κ1) is 14.2. The van der Waals surface area contributed by atoms with Gasteiger partial charge in [0.1, 0.15) is 0 Å². The van der Waals surface area contributed by atoms with Crippen molar-refractivity contribution in [3.05, 3.63) is 12.2 Å². The van der Waals surface area contributed by atoms with Gasteiger partial charge in [-0.2, -0.15) is 0 Å². The van der Waals surface area contributed by atoms with Crippen molar-refractivity contribution in [2.45, 2.75) is 46.6 Å². The minimum Gasteiger partial charge on any atom is -0.356 e. The zero-order chi connectivity index (χ0) is 11.9. The minimum absolute atomic E-state index is 0.0132. The number of hydrogen-bond acceptors (Lipinski definition) is 2. The summed E-state index contributed by atoms with van der Waals surface area (Å²) < 4.78 is 0. The van der Waals surface area contributed by atoms with Gasteiger partial charge in [-0.15, -0.1) is 0 Å². The molecule has 1 atom stereocenters. The Labute approximate surface area is 93.1 Å². The Morgan fingerprint density at radius 1 is 1.47 bits per heavy atom. The van der Waals surface area contributed by atoms with Crippen molar-refractivity contribution < 1.29 is 4.79 Å². The van der Waals surface area contributed by atoms with Gasteiger partial charge in [-0.1, -0.05) is 32.9 Å². The van der Waals surface area contributed by atoms with Gasteiger partial charge in [-0.05, 0) is 18.8 Å². The van der Waals surface area contributed by atoms with Crippen LogP contribution in [0, 0.1) is 5.41 Å². The molecule has 0 fully saturated rings. The number of nitrogens with two attached hydrogens (primary N) is 1. The van der Waals surface area contributed by atoms with Crippen LogP contribution < -0.4 is 11.1 Å². The monoisotopic (exact) mass is 212 g/mol. The Hall–Kier alpha value is -0.830. The molecule has 0 aromatic carbocycles. The summed E-state index contributed by atoms with van der Waals surface area (Å²) in [4.78, 5) is 11.4. The largest absolute Gasteiger partial charge is 0.356 e. The molecule has 3 nitrogen and oxygen atoms in total. The van der Waals surface area contributed by atoms with Crippen LogP contribution in [0.4, 0.5) is 0 Å². The van der Waals surface area contributed by atoms with Crippen molar-refractivity contribution in [1.29, 1.82) is 0 Å². The Balaban J connectivity index is 3.74. The molecule has 0 saturated heterocycles. The average molecular weight is 212 g/mol. The van der Waals surface area contributed by atoms with Crippen molar-refractivity contribution in [2.75, 3.05) is 6.54 Å². The molecule has 1 amide bonds. The summed E-state index contributed by atoms with van der Waals surface area (Å²) in [5.74, 6) is 0.0435. The first-order valence-electron chi connectivity index (χ1n) is 5.51. The van der Waals surface area contributed by atoms with Crippen LogP contribution in [0.3, 0.4) is 0 Å². The van der Waals surface area contributed by atoms with Crippen LogP contribution in [0.2, 0.25) is 0 Å². The number of amides is 1. The number of allylic oxidation sites excluding steroid dienone is 1. The van der Waals surface area contributed by atoms with E-state index in [1.807, 2.05) is 39.8 Å². The summed E-state index contributed by atoms with van der Waals surface area (Å²) in [5, 5.41) is 2.85. The molecule has 0 radical (unpaired) electrons. The summed E-state index contributed by atoms with van der Waals surface area (Å²) in [6.45, 7) is 8.80. The van der Waals surface area contributed by atoms with Crippen LogP contribution in [0.5, 0.6) is 0 Å². The molecule has 0 aromatic rings. The van der Waals surface area contributed by atoms with Crippen LogP contribution in [0.15, 0.2) is 12.2 Å². The third-order valence-electron chi connectivity index (χ3n) is 2.39. The molecule has 3 N–H and O–H groups in total. The third kappa shape index (κ3) is 7.14. The fourth-order valence-electron chi connectivity index (χ4n) is 1.04. The summed E-state index contributed by atoms with van der Waals surface area (Å²) in [7, 11) is 0. The quantitative estimate of drug-likeness (QED) is 0.539. The van der Waals surface area contributed by atoms with Gasteiger partial charge in [0.25, 0.3) is 0 Å². The Bertz CT molecular complexity index is 216. The molecule has 0 aliphatic heterocycles. The molecule has 88 valence electrons. The third-order valence-corrected chi connectivity index (χ3v) is 2.39. The van der Waals surface area contributed by atoms with Crippen LogP contribution in [-0.4, -0.2) is 18.5 Å². The molecule has 0 heterocycles. The highest BCUT2D eigenvalue weighted by Crippen LogP contribution is 2.19. The molecule has 0 rings (SSSR count). The van der Waals surface area contributed by atoms with E-state index in [1.165, 1.54) is 0 Å². The SMILES string of the molecule is C/C=C/CCNC(=O)CC(N)C(C)(C)C. The first-order valence-corrected chi connectivity index (χ1v) is 5.51. The average Bonchev–Trinajstić information content (AvgIpc) is 2.11. The van der Waals surface area contributed by atoms with Crippen molar-refractivity contribution >= 4 is 5.91 Å². The zero-order valence-corrected chi connectivity index (χ0v) is 10.3. The molecule has 0 aromatic heterocycles. The predicted octanol–water partition coefficient (Wildman–Crippen LogP) is 1.83. The standard InChI is InChI=1S/C12H24N2O/c1-5-6-7-8-14-11(15)9-10(13)12(2,3)4/h5-6,10H,7-9,13H2,1-4H3,(H,14,15)/b6-5+. The normalized spacial score (nSPS) is 14.2. The molecular formula is C12H24N2O. The number of carbonyl (C=O) groups excluding carboxylic acids is 1. The van der Waals surface area contributed by atoms with Gasteiger partial charge < -0.3 is 11.1 Å². The smallest absolute Gasteiger partial charge is 0.221 e. The van der Waals surface area contributed by atoms with Crippen molar-refractivity contribution in [2.24, 2.45) is 11.1 Å². The molecule has 0 aliphatic carbocycles. The maximum absolute atomic E-state index is 11.4.